The zero-order valence-corrected chi connectivity index (χ0v) is 14.7. The molecule has 2 bridgehead atoms. The Bertz CT molecular complexity index is 622. The lowest BCUT2D eigenvalue weighted by Crippen LogP contribution is -2.23. The normalized spacial score (nSPS) is 24.0. The average molecular weight is 347 g/mol. The summed E-state index contributed by atoms with van der Waals surface area (Å²) in [5.74, 6) is 2.40. The smallest absolute Gasteiger partial charge is 0.306 e. The number of hydrogen-bond acceptors (Lipinski definition) is 5. The summed E-state index contributed by atoms with van der Waals surface area (Å²) in [7, 11) is 3.08. The van der Waals surface area contributed by atoms with Crippen molar-refractivity contribution in [2.24, 2.45) is 17.8 Å². The first-order chi connectivity index (χ1) is 12.1. The number of ether oxygens (including phenoxy) is 3. The number of rotatable bonds is 7. The minimum atomic E-state index is -0.378. The first-order valence-corrected chi connectivity index (χ1v) is 8.76. The van der Waals surface area contributed by atoms with E-state index >= 15 is 0 Å². The zero-order chi connectivity index (χ0) is 17.8. The highest BCUT2D eigenvalue weighted by molar-refractivity contribution is 5.93. The van der Waals surface area contributed by atoms with Crippen molar-refractivity contribution in [2.75, 3.05) is 26.1 Å². The Morgan fingerprint density at radius 1 is 1.08 bits per heavy atom. The van der Waals surface area contributed by atoms with Gasteiger partial charge in [0.25, 0.3) is 5.91 Å². The van der Waals surface area contributed by atoms with Crippen LogP contribution in [0.4, 0.5) is 5.69 Å². The Morgan fingerprint density at radius 2 is 1.80 bits per heavy atom. The van der Waals surface area contributed by atoms with Gasteiger partial charge in [-0.05, 0) is 37.0 Å². The predicted molar refractivity (Wildman–Crippen MR) is 92.7 cm³/mol. The standard InChI is InChI=1S/C19H25NO5/c1-23-16-8-15(9-17(10-16)24-2)20-18(21)11-25-19(22)7-14-6-12-3-4-13(14)5-12/h8-10,12-14H,3-7,11H2,1-2H3,(H,20,21)/t12-,13+,14+/m1/s1. The third-order valence-electron chi connectivity index (χ3n) is 5.31. The first kappa shape index (κ1) is 17.6. The van der Waals surface area contributed by atoms with E-state index in [1.807, 2.05) is 0 Å². The summed E-state index contributed by atoms with van der Waals surface area (Å²) in [6.07, 6.45) is 5.37. The molecule has 2 aliphatic rings. The van der Waals surface area contributed by atoms with Gasteiger partial charge in [-0.25, -0.2) is 0 Å². The number of anilines is 1. The number of nitrogens with one attached hydrogen (secondary N) is 1. The molecule has 1 N–H and O–H groups in total. The highest BCUT2D eigenvalue weighted by Crippen LogP contribution is 2.49. The highest BCUT2D eigenvalue weighted by Gasteiger charge is 2.40. The number of fused-ring (bicyclic) bond motifs is 2. The van der Waals surface area contributed by atoms with Crippen molar-refractivity contribution in [2.45, 2.75) is 32.1 Å². The minimum Gasteiger partial charge on any atom is -0.497 e. The second-order valence-corrected chi connectivity index (χ2v) is 6.95. The summed E-state index contributed by atoms with van der Waals surface area (Å²) in [6.45, 7) is -0.279. The molecule has 1 aromatic rings. The van der Waals surface area contributed by atoms with Gasteiger partial charge in [-0.3, -0.25) is 9.59 Å². The Morgan fingerprint density at radius 3 is 2.36 bits per heavy atom. The van der Waals surface area contributed by atoms with Gasteiger partial charge >= 0.3 is 5.97 Å². The maximum Gasteiger partial charge on any atom is 0.306 e. The lowest BCUT2D eigenvalue weighted by molar-refractivity contribution is -0.148. The van der Waals surface area contributed by atoms with Crippen LogP contribution in [0.5, 0.6) is 11.5 Å². The van der Waals surface area contributed by atoms with Crippen molar-refractivity contribution in [3.63, 3.8) is 0 Å². The highest BCUT2D eigenvalue weighted by atomic mass is 16.5. The molecular weight excluding hydrogens is 322 g/mol. The number of benzene rings is 1. The van der Waals surface area contributed by atoms with E-state index in [-0.39, 0.29) is 18.5 Å². The molecule has 1 amide bonds. The number of carbonyl (C=O) groups excluding carboxylic acids is 2. The topological polar surface area (TPSA) is 73.9 Å². The van der Waals surface area contributed by atoms with Crippen LogP contribution in [0.3, 0.4) is 0 Å². The van der Waals surface area contributed by atoms with Gasteiger partial charge in [0, 0.05) is 30.3 Å². The molecule has 2 fully saturated rings. The number of amides is 1. The van der Waals surface area contributed by atoms with Crippen LogP contribution in [0.1, 0.15) is 32.1 Å². The predicted octanol–water partition coefficient (Wildman–Crippen LogP) is 3.01. The van der Waals surface area contributed by atoms with Gasteiger partial charge in [0.15, 0.2) is 6.61 Å². The summed E-state index contributed by atoms with van der Waals surface area (Å²) >= 11 is 0. The van der Waals surface area contributed by atoms with E-state index in [1.54, 1.807) is 18.2 Å². The van der Waals surface area contributed by atoms with E-state index in [4.69, 9.17) is 14.2 Å². The van der Waals surface area contributed by atoms with E-state index in [2.05, 4.69) is 5.32 Å². The third-order valence-corrected chi connectivity index (χ3v) is 5.31. The lowest BCUT2D eigenvalue weighted by Gasteiger charge is -2.20. The van der Waals surface area contributed by atoms with Gasteiger partial charge in [0.05, 0.1) is 14.2 Å². The zero-order valence-electron chi connectivity index (χ0n) is 14.7. The monoisotopic (exact) mass is 347 g/mol. The summed E-state index contributed by atoms with van der Waals surface area (Å²) in [6, 6.07) is 5.07. The van der Waals surface area contributed by atoms with Crippen LogP contribution in [0.25, 0.3) is 0 Å². The van der Waals surface area contributed by atoms with Crippen LogP contribution in [0.2, 0.25) is 0 Å². The summed E-state index contributed by atoms with van der Waals surface area (Å²) in [5.41, 5.74) is 0.533. The van der Waals surface area contributed by atoms with Gasteiger partial charge in [0.1, 0.15) is 11.5 Å². The number of methoxy groups -OCH3 is 2. The molecular formula is C19H25NO5. The maximum absolute atomic E-state index is 12.0. The van der Waals surface area contributed by atoms with Crippen molar-refractivity contribution < 1.29 is 23.8 Å². The molecule has 6 heteroatoms. The van der Waals surface area contributed by atoms with Gasteiger partial charge in [-0.2, -0.15) is 0 Å². The molecule has 0 spiro atoms. The summed E-state index contributed by atoms with van der Waals surface area (Å²) in [4.78, 5) is 24.0. The van der Waals surface area contributed by atoms with Crippen LogP contribution in [0, 0.1) is 17.8 Å². The molecule has 0 saturated heterocycles. The van der Waals surface area contributed by atoms with E-state index in [0.717, 1.165) is 12.3 Å². The molecule has 0 aliphatic heterocycles. The molecule has 0 radical (unpaired) electrons. The molecule has 0 unspecified atom stereocenters. The maximum atomic E-state index is 12.0. The van der Waals surface area contributed by atoms with Crippen molar-refractivity contribution in [1.29, 1.82) is 0 Å². The van der Waals surface area contributed by atoms with Gasteiger partial charge < -0.3 is 19.5 Å². The minimum absolute atomic E-state index is 0.279. The van der Waals surface area contributed by atoms with Crippen molar-refractivity contribution >= 4 is 17.6 Å². The van der Waals surface area contributed by atoms with Crippen LogP contribution < -0.4 is 14.8 Å². The Kier molecular flexibility index (Phi) is 5.46. The molecule has 3 rings (SSSR count). The Hall–Kier alpha value is -2.24. The lowest BCUT2D eigenvalue weighted by atomic mass is 9.86. The second kappa shape index (κ2) is 7.76. The van der Waals surface area contributed by atoms with Gasteiger partial charge in [-0.15, -0.1) is 0 Å². The second-order valence-electron chi connectivity index (χ2n) is 6.95. The van der Waals surface area contributed by atoms with Crippen LogP contribution in [0.15, 0.2) is 18.2 Å². The summed E-state index contributed by atoms with van der Waals surface area (Å²) in [5, 5.41) is 2.69. The summed E-state index contributed by atoms with van der Waals surface area (Å²) < 4.78 is 15.5. The molecule has 6 nitrogen and oxygen atoms in total. The number of hydrogen-bond donors (Lipinski definition) is 1. The van der Waals surface area contributed by atoms with Gasteiger partial charge in [-0.1, -0.05) is 6.42 Å². The fourth-order valence-electron chi connectivity index (χ4n) is 4.12. The average Bonchev–Trinajstić information content (AvgIpc) is 3.22. The molecule has 1 aromatic carbocycles. The van der Waals surface area contributed by atoms with Crippen molar-refractivity contribution in [3.05, 3.63) is 18.2 Å². The number of esters is 1. The molecule has 0 heterocycles. The SMILES string of the molecule is COc1cc(NC(=O)COC(=O)C[C@@H]2C[C@@H]3CC[C@H]2C3)cc(OC)c1. The van der Waals surface area contributed by atoms with Crippen molar-refractivity contribution in [1.82, 2.24) is 0 Å². The molecule has 0 aromatic heterocycles. The van der Waals surface area contributed by atoms with E-state index in [1.165, 1.54) is 33.5 Å². The van der Waals surface area contributed by atoms with Crippen molar-refractivity contribution in [3.8, 4) is 11.5 Å². The third kappa shape index (κ3) is 4.44. The molecule has 136 valence electrons. The fourth-order valence-corrected chi connectivity index (χ4v) is 4.12. The van der Waals surface area contributed by atoms with E-state index in [0.29, 0.717) is 35.4 Å². The van der Waals surface area contributed by atoms with Gasteiger partial charge in [0.2, 0.25) is 0 Å². The quantitative estimate of drug-likeness (QED) is 0.768. The molecule has 2 aliphatic carbocycles. The Balaban J connectivity index is 1.45. The van der Waals surface area contributed by atoms with Crippen LogP contribution in [-0.4, -0.2) is 32.7 Å². The largest absolute Gasteiger partial charge is 0.497 e. The number of carbonyl (C=O) groups is 2. The Labute approximate surface area is 147 Å². The fraction of sp³-hybridized carbons (Fsp3) is 0.579. The first-order valence-electron chi connectivity index (χ1n) is 8.76. The molecule has 3 atom stereocenters. The van der Waals surface area contributed by atoms with Crippen LogP contribution in [-0.2, 0) is 14.3 Å². The van der Waals surface area contributed by atoms with E-state index in [9.17, 15) is 9.59 Å². The molecule has 25 heavy (non-hydrogen) atoms. The molecule has 2 saturated carbocycles. The van der Waals surface area contributed by atoms with Crippen LogP contribution >= 0.6 is 0 Å². The van der Waals surface area contributed by atoms with E-state index < -0.39 is 0 Å².